The van der Waals surface area contributed by atoms with Gasteiger partial charge >= 0.3 is 0 Å². The summed E-state index contributed by atoms with van der Waals surface area (Å²) in [6.45, 7) is 12.7. The predicted molar refractivity (Wildman–Crippen MR) is 113 cm³/mol. The quantitative estimate of drug-likeness (QED) is 0.373. The second-order valence-electron chi connectivity index (χ2n) is 7.03. The van der Waals surface area contributed by atoms with Gasteiger partial charge in [-0.1, -0.05) is 93.9 Å². The summed E-state index contributed by atoms with van der Waals surface area (Å²) in [5.74, 6) is 0. The van der Waals surface area contributed by atoms with Crippen LogP contribution in [-0.4, -0.2) is 0 Å². The van der Waals surface area contributed by atoms with Crippen LogP contribution in [-0.2, 0) is 43.4 Å². The molecule has 3 aromatic carbocycles. The van der Waals surface area contributed by atoms with E-state index in [1.165, 1.54) is 27.8 Å². The molecule has 27 heavy (non-hydrogen) atoms. The molecule has 3 rings (SSSR count). The molecular formula is C24H26OPY-. The maximum Gasteiger partial charge on any atom is 0.147 e. The fourth-order valence-electron chi connectivity index (χ4n) is 3.60. The van der Waals surface area contributed by atoms with Crippen LogP contribution in [0.4, 0.5) is 0 Å². The molecule has 0 unspecified atom stereocenters. The van der Waals surface area contributed by atoms with Gasteiger partial charge in [0.25, 0.3) is 0 Å². The average molecular weight is 450 g/mol. The third kappa shape index (κ3) is 4.16. The average Bonchev–Trinajstić information content (AvgIpc) is 2.69. The smallest absolute Gasteiger partial charge is 0.147 e. The molecule has 0 aliphatic heterocycles. The molecule has 0 heterocycles. The summed E-state index contributed by atoms with van der Waals surface area (Å²) in [5, 5.41) is 1.83. The van der Waals surface area contributed by atoms with Gasteiger partial charge in [-0.15, -0.1) is 22.3 Å². The molecule has 0 saturated carbocycles. The number of hydrogen-bond acceptors (Lipinski definition) is 1. The standard InChI is InChI=1S/C24H26OP.Y/c1-17-18(2)20(4)24(21(5)19(17)3)16-26(25,22-12-8-6-9-13-22)23-14-10-7-11-15-23;/h6-15H,1,16H2,2-5H3;/q-1;. The molecule has 137 valence electrons. The van der Waals surface area contributed by atoms with E-state index < -0.39 is 7.14 Å². The topological polar surface area (TPSA) is 17.1 Å². The minimum absolute atomic E-state index is 0. The van der Waals surface area contributed by atoms with E-state index in [1.54, 1.807) is 0 Å². The summed E-state index contributed by atoms with van der Waals surface area (Å²) >= 11 is 0. The van der Waals surface area contributed by atoms with Crippen LogP contribution in [0.5, 0.6) is 0 Å². The maximum atomic E-state index is 14.4. The minimum atomic E-state index is -2.78. The SMILES string of the molecule is [CH2-]c1c(C)c(C)c(CP(=O)(c2ccccc2)c2ccccc2)c(C)c1C.[Y]. The Morgan fingerprint density at radius 2 is 1.07 bits per heavy atom. The third-order valence-corrected chi connectivity index (χ3v) is 8.69. The zero-order valence-corrected chi connectivity index (χ0v) is 20.4. The molecule has 1 nitrogen and oxygen atoms in total. The second kappa shape index (κ2) is 8.91. The van der Waals surface area contributed by atoms with Crippen LogP contribution < -0.4 is 10.6 Å². The zero-order chi connectivity index (χ0) is 18.9. The van der Waals surface area contributed by atoms with E-state index in [9.17, 15) is 4.57 Å². The van der Waals surface area contributed by atoms with Gasteiger partial charge in [0, 0.05) is 49.5 Å². The molecule has 0 spiro atoms. The van der Waals surface area contributed by atoms with Gasteiger partial charge in [0.05, 0.1) is 0 Å². The van der Waals surface area contributed by atoms with E-state index in [4.69, 9.17) is 0 Å². The van der Waals surface area contributed by atoms with Crippen LogP contribution in [0, 0.1) is 34.6 Å². The van der Waals surface area contributed by atoms with Gasteiger partial charge in [0.15, 0.2) is 0 Å². The maximum absolute atomic E-state index is 14.4. The molecule has 0 amide bonds. The summed E-state index contributed by atoms with van der Waals surface area (Å²) in [4.78, 5) is 0. The first-order valence-electron chi connectivity index (χ1n) is 8.97. The minimum Gasteiger partial charge on any atom is -0.313 e. The molecule has 0 atom stereocenters. The van der Waals surface area contributed by atoms with Crippen LogP contribution in [0.3, 0.4) is 0 Å². The van der Waals surface area contributed by atoms with Crippen molar-refractivity contribution in [2.45, 2.75) is 33.9 Å². The first-order valence-corrected chi connectivity index (χ1v) is 10.9. The van der Waals surface area contributed by atoms with Crippen LogP contribution in [0.15, 0.2) is 60.7 Å². The first-order chi connectivity index (χ1) is 12.4. The van der Waals surface area contributed by atoms with Gasteiger partial charge < -0.3 is 4.57 Å². The van der Waals surface area contributed by atoms with Crippen molar-refractivity contribution in [3.05, 3.63) is 101 Å². The molecule has 0 saturated heterocycles. The Kier molecular flexibility index (Phi) is 7.31. The molecule has 0 N–H and O–H groups in total. The van der Waals surface area contributed by atoms with Crippen molar-refractivity contribution in [1.82, 2.24) is 0 Å². The molecule has 3 aromatic rings. The van der Waals surface area contributed by atoms with E-state index >= 15 is 0 Å². The Morgan fingerprint density at radius 3 is 1.44 bits per heavy atom. The largest absolute Gasteiger partial charge is 0.313 e. The molecular weight excluding hydrogens is 424 g/mol. The number of rotatable bonds is 4. The molecule has 0 aliphatic carbocycles. The zero-order valence-electron chi connectivity index (χ0n) is 16.6. The third-order valence-electron chi connectivity index (χ3n) is 5.66. The Hall–Kier alpha value is -1.14. The van der Waals surface area contributed by atoms with Gasteiger partial charge in [0.2, 0.25) is 0 Å². The van der Waals surface area contributed by atoms with Crippen LogP contribution in [0.2, 0.25) is 0 Å². The van der Waals surface area contributed by atoms with Crippen molar-refractivity contribution in [3.8, 4) is 0 Å². The summed E-state index contributed by atoms with van der Waals surface area (Å²) in [6, 6.07) is 19.8. The molecule has 3 heteroatoms. The van der Waals surface area contributed by atoms with Gasteiger partial charge in [-0.25, -0.2) is 0 Å². The summed E-state index contributed by atoms with van der Waals surface area (Å²) in [7, 11) is -2.78. The summed E-state index contributed by atoms with van der Waals surface area (Å²) in [5.41, 5.74) is 7.13. The molecule has 0 aromatic heterocycles. The van der Waals surface area contributed by atoms with Crippen molar-refractivity contribution in [3.63, 3.8) is 0 Å². The molecule has 0 bridgehead atoms. The fraction of sp³-hybridized carbons (Fsp3) is 0.208. The van der Waals surface area contributed by atoms with E-state index in [-0.39, 0.29) is 32.7 Å². The van der Waals surface area contributed by atoms with Crippen LogP contribution in [0.25, 0.3) is 0 Å². The first kappa shape index (κ1) is 22.2. The van der Waals surface area contributed by atoms with Gasteiger partial charge in [-0.2, -0.15) is 12.5 Å². The van der Waals surface area contributed by atoms with Crippen LogP contribution >= 0.6 is 7.14 Å². The molecule has 0 fully saturated rings. The van der Waals surface area contributed by atoms with E-state index in [0.717, 1.165) is 16.2 Å². The van der Waals surface area contributed by atoms with Crippen molar-refractivity contribution >= 4 is 17.8 Å². The summed E-state index contributed by atoms with van der Waals surface area (Å²) in [6.07, 6.45) is 0.542. The van der Waals surface area contributed by atoms with Crippen molar-refractivity contribution in [2.24, 2.45) is 0 Å². The van der Waals surface area contributed by atoms with Crippen LogP contribution in [0.1, 0.15) is 33.4 Å². The van der Waals surface area contributed by atoms with Crippen molar-refractivity contribution < 1.29 is 37.3 Å². The Bertz CT molecular complexity index is 906. The summed E-state index contributed by atoms with van der Waals surface area (Å²) < 4.78 is 14.4. The fourth-order valence-corrected chi connectivity index (χ4v) is 6.49. The van der Waals surface area contributed by atoms with Gasteiger partial charge in [-0.3, -0.25) is 0 Å². The Balaban J connectivity index is 0.00000261. The van der Waals surface area contributed by atoms with Crippen molar-refractivity contribution in [1.29, 1.82) is 0 Å². The Morgan fingerprint density at radius 1 is 0.704 bits per heavy atom. The normalized spacial score (nSPS) is 11.1. The monoisotopic (exact) mass is 450 g/mol. The van der Waals surface area contributed by atoms with E-state index in [0.29, 0.717) is 6.16 Å². The Labute approximate surface area is 188 Å². The molecule has 1 radical (unpaired) electrons. The molecule has 0 aliphatic rings. The number of hydrogen-bond donors (Lipinski definition) is 0. The predicted octanol–water partition coefficient (Wildman–Crippen LogP) is 5.61. The van der Waals surface area contributed by atoms with E-state index in [2.05, 4.69) is 34.6 Å². The van der Waals surface area contributed by atoms with E-state index in [1.807, 2.05) is 60.7 Å². The van der Waals surface area contributed by atoms with Crippen molar-refractivity contribution in [2.75, 3.05) is 0 Å². The van der Waals surface area contributed by atoms with Gasteiger partial charge in [-0.05, 0) is 0 Å². The second-order valence-corrected chi connectivity index (χ2v) is 9.85. The number of benzene rings is 3. The van der Waals surface area contributed by atoms with Gasteiger partial charge in [0.1, 0.15) is 7.14 Å².